The zero-order valence-electron chi connectivity index (χ0n) is 10.6. The highest BCUT2D eigenvalue weighted by Crippen LogP contribution is 2.33. The summed E-state index contributed by atoms with van der Waals surface area (Å²) in [5.74, 6) is 0. The zero-order valence-corrected chi connectivity index (χ0v) is 13.0. The van der Waals surface area contributed by atoms with Gasteiger partial charge in [0.25, 0.3) is 0 Å². The fourth-order valence-electron chi connectivity index (χ4n) is 1.74. The molecule has 0 fully saturated rings. The van der Waals surface area contributed by atoms with E-state index in [4.69, 9.17) is 0 Å². The van der Waals surface area contributed by atoms with Crippen molar-refractivity contribution in [1.29, 1.82) is 0 Å². The summed E-state index contributed by atoms with van der Waals surface area (Å²) >= 11 is 4.65. The predicted octanol–water partition coefficient (Wildman–Crippen LogP) is 4.89. The monoisotopic (exact) mass is 364 g/mol. The Hall–Kier alpha value is -1.08. The van der Waals surface area contributed by atoms with Crippen molar-refractivity contribution in [1.82, 2.24) is 4.98 Å². The third-order valence-electron chi connectivity index (χ3n) is 2.75. The first-order valence-corrected chi connectivity index (χ1v) is 7.54. The molecule has 0 atom stereocenters. The molecule has 20 heavy (non-hydrogen) atoms. The van der Waals surface area contributed by atoms with E-state index in [1.165, 1.54) is 0 Å². The number of rotatable bonds is 4. The molecule has 2 nitrogen and oxygen atoms in total. The molecule has 2 rings (SSSR count). The average Bonchev–Trinajstić information content (AvgIpc) is 2.73. The first-order chi connectivity index (χ1) is 9.36. The van der Waals surface area contributed by atoms with Crippen LogP contribution in [0.2, 0.25) is 0 Å². The van der Waals surface area contributed by atoms with Gasteiger partial charge in [-0.15, -0.1) is 11.3 Å². The van der Waals surface area contributed by atoms with Crippen molar-refractivity contribution >= 4 is 33.0 Å². The van der Waals surface area contributed by atoms with Gasteiger partial charge in [0.15, 0.2) is 0 Å². The standard InChI is InChI=1S/C13H12BrF3N2S/c1-8-12(20-7-19-8)2-3-18-11-5-9(13(15,16)17)4-10(14)6-11/h4-7,18H,2-3H2,1H3. The van der Waals surface area contributed by atoms with E-state index in [1.807, 2.05) is 6.92 Å². The van der Waals surface area contributed by atoms with Gasteiger partial charge in [-0.25, -0.2) is 4.98 Å². The minimum absolute atomic E-state index is 0.406. The Kier molecular flexibility index (Phi) is 4.70. The lowest BCUT2D eigenvalue weighted by molar-refractivity contribution is -0.137. The molecular weight excluding hydrogens is 353 g/mol. The highest BCUT2D eigenvalue weighted by molar-refractivity contribution is 9.10. The molecule has 0 saturated heterocycles. The van der Waals surface area contributed by atoms with E-state index in [0.29, 0.717) is 16.7 Å². The molecule has 1 heterocycles. The maximum Gasteiger partial charge on any atom is 0.416 e. The Balaban J connectivity index is 2.03. The largest absolute Gasteiger partial charge is 0.416 e. The van der Waals surface area contributed by atoms with Crippen molar-refractivity contribution in [3.63, 3.8) is 0 Å². The number of alkyl halides is 3. The number of hydrogen-bond acceptors (Lipinski definition) is 3. The summed E-state index contributed by atoms with van der Waals surface area (Å²) in [5.41, 5.74) is 2.53. The van der Waals surface area contributed by atoms with Gasteiger partial charge in [0, 0.05) is 28.0 Å². The highest BCUT2D eigenvalue weighted by atomic mass is 79.9. The molecule has 7 heteroatoms. The molecule has 0 saturated carbocycles. The number of nitrogens with one attached hydrogen (secondary N) is 1. The van der Waals surface area contributed by atoms with Crippen molar-refractivity contribution in [2.75, 3.05) is 11.9 Å². The van der Waals surface area contributed by atoms with E-state index in [1.54, 1.807) is 22.9 Å². The Morgan fingerprint density at radius 1 is 1.30 bits per heavy atom. The van der Waals surface area contributed by atoms with Crippen molar-refractivity contribution in [2.45, 2.75) is 19.5 Å². The third kappa shape index (κ3) is 3.96. The van der Waals surface area contributed by atoms with Crippen molar-refractivity contribution in [3.05, 3.63) is 44.3 Å². The van der Waals surface area contributed by atoms with Crippen molar-refractivity contribution in [2.24, 2.45) is 0 Å². The number of benzene rings is 1. The van der Waals surface area contributed by atoms with Crippen molar-refractivity contribution in [3.8, 4) is 0 Å². The number of halogens is 4. The topological polar surface area (TPSA) is 24.9 Å². The van der Waals surface area contributed by atoms with Gasteiger partial charge in [-0.2, -0.15) is 13.2 Å². The molecule has 0 amide bonds. The van der Waals surface area contributed by atoms with Crippen LogP contribution >= 0.6 is 27.3 Å². The second kappa shape index (κ2) is 6.13. The van der Waals surface area contributed by atoms with Gasteiger partial charge >= 0.3 is 6.18 Å². The molecule has 1 aromatic carbocycles. The molecule has 0 spiro atoms. The molecule has 0 aliphatic carbocycles. The SMILES string of the molecule is Cc1ncsc1CCNc1cc(Br)cc(C(F)(F)F)c1. The highest BCUT2D eigenvalue weighted by Gasteiger charge is 2.31. The maximum atomic E-state index is 12.7. The Morgan fingerprint density at radius 2 is 2.05 bits per heavy atom. The second-order valence-corrected chi connectivity index (χ2v) is 6.12. The fourth-order valence-corrected chi connectivity index (χ4v) is 3.02. The summed E-state index contributed by atoms with van der Waals surface area (Å²) in [6.45, 7) is 2.49. The number of anilines is 1. The molecule has 108 valence electrons. The van der Waals surface area contributed by atoms with Gasteiger partial charge in [-0.05, 0) is 25.1 Å². The first kappa shape index (κ1) is 15.3. The average molecular weight is 365 g/mol. The number of nitrogens with zero attached hydrogens (tertiary/aromatic N) is 1. The van der Waals surface area contributed by atoms with Gasteiger partial charge in [0.2, 0.25) is 0 Å². The minimum atomic E-state index is -4.34. The summed E-state index contributed by atoms with van der Waals surface area (Å²) < 4.78 is 38.5. The minimum Gasteiger partial charge on any atom is -0.385 e. The lowest BCUT2D eigenvalue weighted by Gasteiger charge is -2.11. The van der Waals surface area contributed by atoms with Crippen LogP contribution in [0.4, 0.5) is 18.9 Å². The summed E-state index contributed by atoms with van der Waals surface area (Å²) in [4.78, 5) is 5.28. The normalized spacial score (nSPS) is 11.7. The van der Waals surface area contributed by atoms with Crippen LogP contribution in [-0.4, -0.2) is 11.5 Å². The second-order valence-electron chi connectivity index (χ2n) is 4.26. The van der Waals surface area contributed by atoms with Gasteiger partial charge in [-0.3, -0.25) is 0 Å². The van der Waals surface area contributed by atoms with E-state index >= 15 is 0 Å². The van der Waals surface area contributed by atoms with Crippen LogP contribution in [-0.2, 0) is 12.6 Å². The summed E-state index contributed by atoms with van der Waals surface area (Å²) in [5, 5.41) is 3.01. The molecule has 0 radical (unpaired) electrons. The van der Waals surface area contributed by atoms with Gasteiger partial charge in [0.05, 0.1) is 16.8 Å². The van der Waals surface area contributed by atoms with E-state index in [0.717, 1.165) is 29.1 Å². The maximum absolute atomic E-state index is 12.7. The lowest BCUT2D eigenvalue weighted by Crippen LogP contribution is -2.08. The molecule has 1 aromatic heterocycles. The zero-order chi connectivity index (χ0) is 14.8. The molecule has 2 aromatic rings. The number of hydrogen-bond donors (Lipinski definition) is 1. The molecule has 0 aliphatic rings. The Labute approximate surface area is 127 Å². The van der Waals surface area contributed by atoms with Crippen LogP contribution in [0.25, 0.3) is 0 Å². The van der Waals surface area contributed by atoms with Crippen molar-refractivity contribution < 1.29 is 13.2 Å². The first-order valence-electron chi connectivity index (χ1n) is 5.87. The van der Waals surface area contributed by atoms with Gasteiger partial charge in [-0.1, -0.05) is 15.9 Å². The van der Waals surface area contributed by atoms with E-state index in [9.17, 15) is 13.2 Å². The predicted molar refractivity (Wildman–Crippen MR) is 78.2 cm³/mol. The molecule has 0 unspecified atom stereocenters. The number of thiazole rings is 1. The number of aryl methyl sites for hydroxylation is 1. The third-order valence-corrected chi connectivity index (χ3v) is 4.20. The number of aromatic nitrogens is 1. The van der Waals surface area contributed by atoms with Crippen LogP contribution in [0, 0.1) is 6.92 Å². The van der Waals surface area contributed by atoms with Crippen LogP contribution < -0.4 is 5.32 Å². The van der Waals surface area contributed by atoms with E-state index in [-0.39, 0.29) is 0 Å². The smallest absolute Gasteiger partial charge is 0.385 e. The summed E-state index contributed by atoms with van der Waals surface area (Å²) in [6, 6.07) is 3.82. The molecule has 1 N–H and O–H groups in total. The molecule has 0 aliphatic heterocycles. The fraction of sp³-hybridized carbons (Fsp3) is 0.308. The van der Waals surface area contributed by atoms with E-state index < -0.39 is 11.7 Å². The Bertz CT molecular complexity index is 596. The van der Waals surface area contributed by atoms with E-state index in [2.05, 4.69) is 26.2 Å². The summed E-state index contributed by atoms with van der Waals surface area (Å²) in [7, 11) is 0. The summed E-state index contributed by atoms with van der Waals surface area (Å²) in [6.07, 6.45) is -3.60. The molecular formula is C13H12BrF3N2S. The van der Waals surface area contributed by atoms with Gasteiger partial charge < -0.3 is 5.32 Å². The lowest BCUT2D eigenvalue weighted by atomic mass is 10.2. The Morgan fingerprint density at radius 3 is 2.65 bits per heavy atom. The van der Waals surface area contributed by atoms with Crippen LogP contribution in [0.3, 0.4) is 0 Å². The quantitative estimate of drug-likeness (QED) is 0.835. The molecule has 0 bridgehead atoms. The van der Waals surface area contributed by atoms with Crippen LogP contribution in [0.15, 0.2) is 28.2 Å². The van der Waals surface area contributed by atoms with Gasteiger partial charge in [0.1, 0.15) is 0 Å². The van der Waals surface area contributed by atoms with Crippen LogP contribution in [0.1, 0.15) is 16.1 Å². The van der Waals surface area contributed by atoms with Crippen LogP contribution in [0.5, 0.6) is 0 Å².